The Balaban J connectivity index is 1.62. The largest absolute Gasteiger partial charge is 0.458 e. The van der Waals surface area contributed by atoms with Gasteiger partial charge < -0.3 is 15.0 Å². The van der Waals surface area contributed by atoms with Gasteiger partial charge in [0.15, 0.2) is 5.69 Å². The highest BCUT2D eigenvalue weighted by atomic mass is 35.5. The smallest absolute Gasteiger partial charge is 0.433 e. The zero-order valence-electron chi connectivity index (χ0n) is 14.3. The molecule has 1 fully saturated rings. The van der Waals surface area contributed by atoms with Crippen molar-refractivity contribution in [2.75, 3.05) is 18.4 Å². The summed E-state index contributed by atoms with van der Waals surface area (Å²) in [5.74, 6) is 0. The number of nitrogens with zero attached hydrogens (tertiary/aromatic N) is 3. The molecule has 1 atom stereocenters. The number of piperidine rings is 1. The van der Waals surface area contributed by atoms with E-state index in [1.807, 2.05) is 0 Å². The molecule has 28 heavy (non-hydrogen) atoms. The molecule has 1 N–H and O–H groups in total. The topological polar surface area (TPSA) is 67.4 Å². The van der Waals surface area contributed by atoms with E-state index in [0.29, 0.717) is 35.1 Å². The number of hydrogen-bond donors (Lipinski definition) is 1. The van der Waals surface area contributed by atoms with Gasteiger partial charge in [-0.2, -0.15) is 18.2 Å². The molecule has 2 amide bonds. The summed E-state index contributed by atoms with van der Waals surface area (Å²) in [6.45, 7) is 0.670. The summed E-state index contributed by atoms with van der Waals surface area (Å²) < 4.78 is 43.7. The van der Waals surface area contributed by atoms with Gasteiger partial charge in [0.2, 0.25) is 0 Å². The van der Waals surface area contributed by atoms with Crippen LogP contribution in [0.1, 0.15) is 18.5 Å². The van der Waals surface area contributed by atoms with E-state index in [2.05, 4.69) is 15.3 Å². The van der Waals surface area contributed by atoms with Crippen LogP contribution in [0.5, 0.6) is 6.01 Å². The predicted molar refractivity (Wildman–Crippen MR) is 97.7 cm³/mol. The lowest BCUT2D eigenvalue weighted by atomic mass is 10.1. The van der Waals surface area contributed by atoms with Crippen LogP contribution in [0.25, 0.3) is 0 Å². The van der Waals surface area contributed by atoms with Crippen molar-refractivity contribution >= 4 is 34.9 Å². The number of benzene rings is 1. The van der Waals surface area contributed by atoms with Gasteiger partial charge in [0.25, 0.3) is 0 Å². The van der Waals surface area contributed by atoms with Crippen molar-refractivity contribution in [3.8, 4) is 6.01 Å². The second kappa shape index (κ2) is 8.40. The number of amides is 2. The molecule has 2 aromatic rings. The van der Waals surface area contributed by atoms with E-state index in [0.717, 1.165) is 12.3 Å². The monoisotopic (exact) mass is 434 g/mol. The Kier molecular flexibility index (Phi) is 6.14. The lowest BCUT2D eigenvalue weighted by Crippen LogP contribution is -2.46. The highest BCUT2D eigenvalue weighted by Gasteiger charge is 2.33. The highest BCUT2D eigenvalue weighted by Crippen LogP contribution is 2.28. The fourth-order valence-electron chi connectivity index (χ4n) is 2.70. The summed E-state index contributed by atoms with van der Waals surface area (Å²) in [7, 11) is 0. The molecular weight excluding hydrogens is 420 g/mol. The number of likely N-dealkylation sites (tertiary alicyclic amines) is 1. The van der Waals surface area contributed by atoms with Crippen LogP contribution in [0.15, 0.2) is 30.5 Å². The Hall–Kier alpha value is -2.26. The Labute approximate surface area is 168 Å². The third-order valence-electron chi connectivity index (χ3n) is 4.03. The third-order valence-corrected chi connectivity index (χ3v) is 4.77. The first-order chi connectivity index (χ1) is 13.2. The van der Waals surface area contributed by atoms with E-state index in [1.54, 1.807) is 12.1 Å². The Morgan fingerprint density at radius 3 is 2.75 bits per heavy atom. The summed E-state index contributed by atoms with van der Waals surface area (Å²) >= 11 is 11.8. The number of carbonyl (C=O) groups excluding carboxylic acids is 1. The summed E-state index contributed by atoms with van der Waals surface area (Å²) in [6.07, 6.45) is -2.92. The fourth-order valence-corrected chi connectivity index (χ4v) is 3.00. The molecule has 1 unspecified atom stereocenters. The molecule has 3 rings (SSSR count). The van der Waals surface area contributed by atoms with Crippen molar-refractivity contribution in [2.45, 2.75) is 25.1 Å². The second-order valence-electron chi connectivity index (χ2n) is 6.11. The van der Waals surface area contributed by atoms with Crippen molar-refractivity contribution < 1.29 is 22.7 Å². The molecule has 150 valence electrons. The first-order valence-corrected chi connectivity index (χ1v) is 9.06. The molecule has 1 aromatic heterocycles. The summed E-state index contributed by atoms with van der Waals surface area (Å²) in [4.78, 5) is 21.1. The molecule has 1 saturated heterocycles. The SMILES string of the molecule is O=C(Nc1ccc(Cl)c(Cl)c1)N1CCCC(Oc2nccc(C(F)(F)F)n2)C1. The van der Waals surface area contributed by atoms with Crippen molar-refractivity contribution in [3.05, 3.63) is 46.2 Å². The van der Waals surface area contributed by atoms with Gasteiger partial charge in [-0.05, 0) is 37.1 Å². The lowest BCUT2D eigenvalue weighted by Gasteiger charge is -2.32. The minimum Gasteiger partial charge on any atom is -0.458 e. The maximum absolute atomic E-state index is 12.8. The van der Waals surface area contributed by atoms with Crippen molar-refractivity contribution in [3.63, 3.8) is 0 Å². The molecule has 2 heterocycles. The number of hydrogen-bond acceptors (Lipinski definition) is 4. The quantitative estimate of drug-likeness (QED) is 0.747. The highest BCUT2D eigenvalue weighted by molar-refractivity contribution is 6.42. The molecule has 1 aromatic carbocycles. The summed E-state index contributed by atoms with van der Waals surface area (Å²) in [6, 6.07) is 4.72. The zero-order valence-corrected chi connectivity index (χ0v) is 15.9. The Morgan fingerprint density at radius 2 is 2.04 bits per heavy atom. The van der Waals surface area contributed by atoms with Crippen LogP contribution in [0.2, 0.25) is 10.0 Å². The van der Waals surface area contributed by atoms with E-state index < -0.39 is 18.0 Å². The minimum atomic E-state index is -4.58. The van der Waals surface area contributed by atoms with Gasteiger partial charge in [-0.3, -0.25) is 0 Å². The Morgan fingerprint density at radius 1 is 1.25 bits per heavy atom. The molecular formula is C17H15Cl2F3N4O2. The number of nitrogens with one attached hydrogen (secondary N) is 1. The van der Waals surface area contributed by atoms with Crippen LogP contribution < -0.4 is 10.1 Å². The summed E-state index contributed by atoms with van der Waals surface area (Å²) in [5.41, 5.74) is -0.605. The van der Waals surface area contributed by atoms with Gasteiger partial charge >= 0.3 is 18.2 Å². The van der Waals surface area contributed by atoms with E-state index in [1.165, 1.54) is 11.0 Å². The van der Waals surface area contributed by atoms with Gasteiger partial charge in [-0.25, -0.2) is 9.78 Å². The van der Waals surface area contributed by atoms with Crippen LogP contribution in [-0.4, -0.2) is 40.1 Å². The van der Waals surface area contributed by atoms with Crippen molar-refractivity contribution in [1.29, 1.82) is 0 Å². The van der Waals surface area contributed by atoms with Crippen LogP contribution in [0.3, 0.4) is 0 Å². The number of halogens is 5. The number of ether oxygens (including phenoxy) is 1. The van der Waals surface area contributed by atoms with E-state index in [-0.39, 0.29) is 18.6 Å². The second-order valence-corrected chi connectivity index (χ2v) is 6.92. The van der Waals surface area contributed by atoms with E-state index >= 15 is 0 Å². The number of alkyl halides is 3. The number of anilines is 1. The first-order valence-electron chi connectivity index (χ1n) is 8.30. The van der Waals surface area contributed by atoms with Crippen molar-refractivity contribution in [2.24, 2.45) is 0 Å². The van der Waals surface area contributed by atoms with Gasteiger partial charge in [0.1, 0.15) is 6.10 Å². The number of carbonyl (C=O) groups is 1. The van der Waals surface area contributed by atoms with Gasteiger partial charge in [0.05, 0.1) is 16.6 Å². The third kappa shape index (κ3) is 5.17. The summed E-state index contributed by atoms with van der Waals surface area (Å²) in [5, 5.41) is 3.38. The molecule has 11 heteroatoms. The number of rotatable bonds is 3. The van der Waals surface area contributed by atoms with Crippen LogP contribution in [-0.2, 0) is 6.18 Å². The molecule has 0 spiro atoms. The van der Waals surface area contributed by atoms with Crippen molar-refractivity contribution in [1.82, 2.24) is 14.9 Å². The van der Waals surface area contributed by atoms with E-state index in [4.69, 9.17) is 27.9 Å². The molecule has 1 aliphatic heterocycles. The molecule has 0 saturated carbocycles. The molecule has 6 nitrogen and oxygen atoms in total. The normalized spacial score (nSPS) is 17.3. The molecule has 0 aliphatic carbocycles. The standard InChI is InChI=1S/C17H15Cl2F3N4O2/c18-12-4-3-10(8-13(12)19)24-16(27)26-7-1-2-11(9-26)28-15-23-6-5-14(25-15)17(20,21)22/h3-6,8,11H,1-2,7,9H2,(H,24,27). The number of urea groups is 1. The van der Waals surface area contributed by atoms with Crippen LogP contribution in [0.4, 0.5) is 23.7 Å². The predicted octanol–water partition coefficient (Wildman–Crippen LogP) is 4.88. The maximum atomic E-state index is 12.8. The van der Waals surface area contributed by atoms with E-state index in [9.17, 15) is 18.0 Å². The zero-order chi connectivity index (χ0) is 20.3. The fraction of sp³-hybridized carbons (Fsp3) is 0.353. The van der Waals surface area contributed by atoms with Gasteiger partial charge in [-0.1, -0.05) is 23.2 Å². The minimum absolute atomic E-state index is 0.187. The molecule has 1 aliphatic rings. The average molecular weight is 435 g/mol. The molecule has 0 radical (unpaired) electrons. The maximum Gasteiger partial charge on any atom is 0.433 e. The molecule has 0 bridgehead atoms. The number of aromatic nitrogens is 2. The Bertz CT molecular complexity index is 867. The van der Waals surface area contributed by atoms with Gasteiger partial charge in [0, 0.05) is 18.4 Å². The van der Waals surface area contributed by atoms with Crippen LogP contribution >= 0.6 is 23.2 Å². The average Bonchev–Trinajstić information content (AvgIpc) is 2.64. The van der Waals surface area contributed by atoms with Gasteiger partial charge in [-0.15, -0.1) is 0 Å². The lowest BCUT2D eigenvalue weighted by molar-refractivity contribution is -0.141. The van der Waals surface area contributed by atoms with Crippen LogP contribution in [0, 0.1) is 0 Å². The first kappa shape index (κ1) is 20.5.